The van der Waals surface area contributed by atoms with Crippen molar-refractivity contribution in [2.24, 2.45) is 11.8 Å². The quantitative estimate of drug-likeness (QED) is 0.734. The Morgan fingerprint density at radius 3 is 2.64 bits per heavy atom. The molecule has 14 heavy (non-hydrogen) atoms. The van der Waals surface area contributed by atoms with E-state index in [0.717, 1.165) is 18.4 Å². The molecule has 1 fully saturated rings. The molecule has 0 spiro atoms. The van der Waals surface area contributed by atoms with Gasteiger partial charge in [0.1, 0.15) is 0 Å². The van der Waals surface area contributed by atoms with Gasteiger partial charge in [0.2, 0.25) is 0 Å². The van der Waals surface area contributed by atoms with Crippen LogP contribution in [0.25, 0.3) is 0 Å². The fourth-order valence-corrected chi connectivity index (χ4v) is 2.72. The van der Waals surface area contributed by atoms with Crippen LogP contribution in [0.15, 0.2) is 0 Å². The van der Waals surface area contributed by atoms with Gasteiger partial charge in [-0.05, 0) is 31.6 Å². The summed E-state index contributed by atoms with van der Waals surface area (Å²) in [6.45, 7) is 7.72. The Morgan fingerprint density at radius 1 is 1.43 bits per heavy atom. The molecule has 1 aliphatic carbocycles. The summed E-state index contributed by atoms with van der Waals surface area (Å²) < 4.78 is 5.14. The zero-order valence-electron chi connectivity index (χ0n) is 10.0. The van der Waals surface area contributed by atoms with Crippen LogP contribution >= 0.6 is 0 Å². The number of methoxy groups -OCH3 is 1. The minimum absolute atomic E-state index is 0.489. The van der Waals surface area contributed by atoms with Crippen molar-refractivity contribution in [3.05, 3.63) is 0 Å². The molecule has 1 N–H and O–H groups in total. The first kappa shape index (κ1) is 12.0. The smallest absolute Gasteiger partial charge is 0.0613 e. The van der Waals surface area contributed by atoms with Crippen molar-refractivity contribution in [3.8, 4) is 0 Å². The normalized spacial score (nSPS) is 34.7. The molecule has 4 atom stereocenters. The van der Waals surface area contributed by atoms with E-state index in [9.17, 15) is 0 Å². The second-order valence-electron chi connectivity index (χ2n) is 4.73. The highest BCUT2D eigenvalue weighted by Crippen LogP contribution is 2.33. The molecule has 1 aliphatic rings. The highest BCUT2D eigenvalue weighted by Gasteiger charge is 2.31. The molecule has 0 amide bonds. The Balaban J connectivity index is 2.32. The molecule has 0 saturated heterocycles. The van der Waals surface area contributed by atoms with Gasteiger partial charge in [-0.2, -0.15) is 0 Å². The molecule has 0 aromatic carbocycles. The second kappa shape index (κ2) is 5.72. The van der Waals surface area contributed by atoms with Gasteiger partial charge in [-0.1, -0.05) is 20.3 Å². The highest BCUT2D eigenvalue weighted by molar-refractivity contribution is 4.87. The minimum atomic E-state index is 0.489. The summed E-state index contributed by atoms with van der Waals surface area (Å²) in [4.78, 5) is 0. The Labute approximate surface area is 88.4 Å². The minimum Gasteiger partial charge on any atom is -0.383 e. The van der Waals surface area contributed by atoms with Crippen LogP contribution in [0.4, 0.5) is 0 Å². The predicted octanol–water partition coefficient (Wildman–Crippen LogP) is 2.44. The first-order valence-electron chi connectivity index (χ1n) is 5.94. The lowest BCUT2D eigenvalue weighted by atomic mass is 9.93. The van der Waals surface area contributed by atoms with Crippen molar-refractivity contribution in [1.82, 2.24) is 5.32 Å². The van der Waals surface area contributed by atoms with Crippen LogP contribution in [0.3, 0.4) is 0 Å². The maximum atomic E-state index is 5.14. The molecule has 0 aromatic heterocycles. The molecule has 1 saturated carbocycles. The fraction of sp³-hybridized carbons (Fsp3) is 1.00. The first-order valence-corrected chi connectivity index (χ1v) is 5.94. The van der Waals surface area contributed by atoms with Gasteiger partial charge in [-0.25, -0.2) is 0 Å². The summed E-state index contributed by atoms with van der Waals surface area (Å²) in [6, 6.07) is 1.20. The van der Waals surface area contributed by atoms with E-state index in [1.807, 2.05) is 0 Å². The molecule has 84 valence electrons. The molecule has 2 nitrogen and oxygen atoms in total. The lowest BCUT2D eigenvalue weighted by Crippen LogP contribution is -2.41. The molecular formula is C12H25NO. The first-order chi connectivity index (χ1) is 6.69. The lowest BCUT2D eigenvalue weighted by Gasteiger charge is -2.24. The van der Waals surface area contributed by atoms with Crippen molar-refractivity contribution in [3.63, 3.8) is 0 Å². The third-order valence-electron chi connectivity index (χ3n) is 3.67. The van der Waals surface area contributed by atoms with Gasteiger partial charge in [0.25, 0.3) is 0 Å². The molecule has 4 unspecified atom stereocenters. The largest absolute Gasteiger partial charge is 0.383 e. The predicted molar refractivity (Wildman–Crippen MR) is 60.4 cm³/mol. The number of rotatable bonds is 5. The molecule has 0 bridgehead atoms. The van der Waals surface area contributed by atoms with Crippen LogP contribution in [0.5, 0.6) is 0 Å². The van der Waals surface area contributed by atoms with Crippen molar-refractivity contribution < 1.29 is 4.74 Å². The van der Waals surface area contributed by atoms with Crippen LogP contribution < -0.4 is 5.32 Å². The van der Waals surface area contributed by atoms with E-state index in [-0.39, 0.29) is 0 Å². The average molecular weight is 199 g/mol. The molecular weight excluding hydrogens is 174 g/mol. The Bertz CT molecular complexity index is 160. The Kier molecular flexibility index (Phi) is 4.90. The van der Waals surface area contributed by atoms with Gasteiger partial charge in [0.15, 0.2) is 0 Å². The van der Waals surface area contributed by atoms with Crippen molar-refractivity contribution >= 4 is 0 Å². The van der Waals surface area contributed by atoms with E-state index >= 15 is 0 Å². The van der Waals surface area contributed by atoms with E-state index in [2.05, 4.69) is 26.1 Å². The SMILES string of the molecule is CCC1CCC(NC(C)COC)C1C. The molecule has 0 aromatic rings. The van der Waals surface area contributed by atoms with Crippen LogP contribution in [0.2, 0.25) is 0 Å². The van der Waals surface area contributed by atoms with E-state index in [1.165, 1.54) is 19.3 Å². The zero-order valence-corrected chi connectivity index (χ0v) is 10.0. The number of hydrogen-bond acceptors (Lipinski definition) is 2. The zero-order chi connectivity index (χ0) is 10.6. The monoisotopic (exact) mass is 199 g/mol. The van der Waals surface area contributed by atoms with Gasteiger partial charge in [-0.3, -0.25) is 0 Å². The van der Waals surface area contributed by atoms with Crippen LogP contribution in [-0.4, -0.2) is 25.8 Å². The summed E-state index contributed by atoms with van der Waals surface area (Å²) in [7, 11) is 1.77. The van der Waals surface area contributed by atoms with Gasteiger partial charge in [-0.15, -0.1) is 0 Å². The maximum Gasteiger partial charge on any atom is 0.0613 e. The average Bonchev–Trinajstić information content (AvgIpc) is 2.48. The van der Waals surface area contributed by atoms with Crippen molar-refractivity contribution in [1.29, 1.82) is 0 Å². The van der Waals surface area contributed by atoms with Gasteiger partial charge < -0.3 is 10.1 Å². The number of ether oxygens (including phenoxy) is 1. The van der Waals surface area contributed by atoms with E-state index in [4.69, 9.17) is 4.74 Å². The Morgan fingerprint density at radius 2 is 2.14 bits per heavy atom. The number of hydrogen-bond donors (Lipinski definition) is 1. The standard InChI is InChI=1S/C12H25NO/c1-5-11-6-7-12(10(11)3)13-9(2)8-14-4/h9-13H,5-8H2,1-4H3. The van der Waals surface area contributed by atoms with Gasteiger partial charge >= 0.3 is 0 Å². The summed E-state index contributed by atoms with van der Waals surface area (Å²) in [5.74, 6) is 1.77. The third kappa shape index (κ3) is 2.96. The molecule has 0 heterocycles. The van der Waals surface area contributed by atoms with Crippen LogP contribution in [0, 0.1) is 11.8 Å². The lowest BCUT2D eigenvalue weighted by molar-refractivity contribution is 0.161. The topological polar surface area (TPSA) is 21.3 Å². The Hall–Kier alpha value is -0.0800. The number of nitrogens with one attached hydrogen (secondary N) is 1. The third-order valence-corrected chi connectivity index (χ3v) is 3.67. The molecule has 1 rings (SSSR count). The summed E-state index contributed by atoms with van der Waals surface area (Å²) in [6.07, 6.45) is 4.07. The van der Waals surface area contributed by atoms with Crippen LogP contribution in [-0.2, 0) is 4.74 Å². The van der Waals surface area contributed by atoms with Crippen molar-refractivity contribution in [2.75, 3.05) is 13.7 Å². The maximum absolute atomic E-state index is 5.14. The van der Waals surface area contributed by atoms with Crippen LogP contribution in [0.1, 0.15) is 40.0 Å². The van der Waals surface area contributed by atoms with Gasteiger partial charge in [0, 0.05) is 19.2 Å². The summed E-state index contributed by atoms with van der Waals surface area (Å²) in [5, 5.41) is 3.67. The van der Waals surface area contributed by atoms with Crippen molar-refractivity contribution in [2.45, 2.75) is 52.1 Å². The molecule has 0 radical (unpaired) electrons. The van der Waals surface area contributed by atoms with E-state index < -0.39 is 0 Å². The highest BCUT2D eigenvalue weighted by atomic mass is 16.5. The second-order valence-corrected chi connectivity index (χ2v) is 4.73. The van der Waals surface area contributed by atoms with Gasteiger partial charge in [0.05, 0.1) is 6.61 Å². The fourth-order valence-electron chi connectivity index (χ4n) is 2.72. The molecule has 2 heteroatoms. The summed E-state index contributed by atoms with van der Waals surface area (Å²) >= 11 is 0. The molecule has 0 aliphatic heterocycles. The van der Waals surface area contributed by atoms with E-state index in [1.54, 1.807) is 7.11 Å². The van der Waals surface area contributed by atoms with E-state index in [0.29, 0.717) is 12.1 Å². The summed E-state index contributed by atoms with van der Waals surface area (Å²) in [5.41, 5.74) is 0.